The highest BCUT2D eigenvalue weighted by atomic mass is 32.2. The molecular weight excluding hydrogens is 422 g/mol. The van der Waals surface area contributed by atoms with Crippen LogP contribution in [0.4, 0.5) is 0 Å². The summed E-state index contributed by atoms with van der Waals surface area (Å²) in [5.74, 6) is -0.106. The molecule has 6 nitrogen and oxygen atoms in total. The van der Waals surface area contributed by atoms with Gasteiger partial charge in [0, 0.05) is 31.2 Å². The SMILES string of the molecule is CCN(CC)C(CNCC(=O)c1cccc(S(=O)(=O)N2CCCC2)c1)c1ccc(C)cc1. The van der Waals surface area contributed by atoms with Gasteiger partial charge in [0.15, 0.2) is 5.78 Å². The maximum atomic E-state index is 12.8. The molecular formula is C25H35N3O3S. The molecule has 0 spiro atoms. The molecule has 0 saturated carbocycles. The predicted molar refractivity (Wildman–Crippen MR) is 128 cm³/mol. The molecule has 2 aromatic rings. The number of hydrogen-bond acceptors (Lipinski definition) is 5. The molecule has 1 heterocycles. The van der Waals surface area contributed by atoms with Gasteiger partial charge < -0.3 is 5.32 Å². The topological polar surface area (TPSA) is 69.7 Å². The molecule has 0 amide bonds. The molecule has 1 aliphatic rings. The number of nitrogens with one attached hydrogen (secondary N) is 1. The van der Waals surface area contributed by atoms with E-state index < -0.39 is 10.0 Å². The zero-order chi connectivity index (χ0) is 23.1. The fourth-order valence-corrected chi connectivity index (χ4v) is 5.81. The van der Waals surface area contributed by atoms with Crippen molar-refractivity contribution < 1.29 is 13.2 Å². The molecule has 0 radical (unpaired) electrons. The first-order chi connectivity index (χ1) is 15.4. The van der Waals surface area contributed by atoms with Crippen LogP contribution in [0.2, 0.25) is 0 Å². The molecule has 32 heavy (non-hydrogen) atoms. The van der Waals surface area contributed by atoms with Gasteiger partial charge in [-0.1, -0.05) is 55.8 Å². The average Bonchev–Trinajstić information content (AvgIpc) is 3.35. The molecule has 7 heteroatoms. The van der Waals surface area contributed by atoms with Crippen LogP contribution in [0.3, 0.4) is 0 Å². The summed E-state index contributed by atoms with van der Waals surface area (Å²) in [6, 6.07) is 15.1. The molecule has 0 aromatic heterocycles. The quantitative estimate of drug-likeness (QED) is 0.522. The summed E-state index contributed by atoms with van der Waals surface area (Å²) in [5.41, 5.74) is 2.87. The lowest BCUT2D eigenvalue weighted by Crippen LogP contribution is -2.37. The lowest BCUT2D eigenvalue weighted by Gasteiger charge is -2.30. The van der Waals surface area contributed by atoms with E-state index in [-0.39, 0.29) is 23.3 Å². The summed E-state index contributed by atoms with van der Waals surface area (Å²) in [7, 11) is -3.53. The van der Waals surface area contributed by atoms with E-state index in [1.54, 1.807) is 18.2 Å². The van der Waals surface area contributed by atoms with Gasteiger partial charge in [-0.15, -0.1) is 0 Å². The first kappa shape index (κ1) is 24.6. The smallest absolute Gasteiger partial charge is 0.243 e. The second-order valence-electron chi connectivity index (χ2n) is 8.34. The minimum absolute atomic E-state index is 0.106. The molecule has 3 rings (SSSR count). The number of Topliss-reactive ketones (excluding diaryl/α,β-unsaturated/α-hetero) is 1. The zero-order valence-electron chi connectivity index (χ0n) is 19.4. The number of hydrogen-bond donors (Lipinski definition) is 1. The second-order valence-corrected chi connectivity index (χ2v) is 10.3. The fraction of sp³-hybridized carbons (Fsp3) is 0.480. The number of likely N-dealkylation sites (N-methyl/N-ethyl adjacent to an activating group) is 1. The lowest BCUT2D eigenvalue weighted by molar-refractivity contribution is 0.0986. The minimum atomic E-state index is -3.53. The monoisotopic (exact) mass is 457 g/mol. The van der Waals surface area contributed by atoms with Crippen LogP contribution < -0.4 is 5.32 Å². The van der Waals surface area contributed by atoms with Crippen molar-refractivity contribution in [3.8, 4) is 0 Å². The molecule has 1 N–H and O–H groups in total. The normalized spacial score (nSPS) is 15.9. The van der Waals surface area contributed by atoms with Crippen LogP contribution in [0.25, 0.3) is 0 Å². The number of nitrogens with zero attached hydrogens (tertiary/aromatic N) is 2. The van der Waals surface area contributed by atoms with E-state index in [0.29, 0.717) is 25.2 Å². The van der Waals surface area contributed by atoms with E-state index in [9.17, 15) is 13.2 Å². The van der Waals surface area contributed by atoms with Crippen molar-refractivity contribution in [1.29, 1.82) is 0 Å². The van der Waals surface area contributed by atoms with E-state index >= 15 is 0 Å². The Hall–Kier alpha value is -2.06. The van der Waals surface area contributed by atoms with Gasteiger partial charge >= 0.3 is 0 Å². The first-order valence-corrected chi connectivity index (χ1v) is 13.0. The first-order valence-electron chi connectivity index (χ1n) is 11.5. The Kier molecular flexibility index (Phi) is 8.59. The van der Waals surface area contributed by atoms with Crippen molar-refractivity contribution in [2.24, 2.45) is 0 Å². The number of benzene rings is 2. The van der Waals surface area contributed by atoms with Crippen LogP contribution in [-0.4, -0.2) is 62.7 Å². The Morgan fingerprint density at radius 1 is 1.06 bits per heavy atom. The largest absolute Gasteiger partial charge is 0.308 e. The average molecular weight is 458 g/mol. The second kappa shape index (κ2) is 11.2. The third-order valence-corrected chi connectivity index (χ3v) is 8.09. The van der Waals surface area contributed by atoms with Gasteiger partial charge in [-0.3, -0.25) is 9.69 Å². The highest BCUT2D eigenvalue weighted by Crippen LogP contribution is 2.22. The third-order valence-electron chi connectivity index (χ3n) is 6.20. The Bertz CT molecular complexity index is 995. The summed E-state index contributed by atoms with van der Waals surface area (Å²) in [5, 5.41) is 3.31. The molecule has 1 atom stereocenters. The predicted octanol–water partition coefficient (Wildman–Crippen LogP) is 3.63. The van der Waals surface area contributed by atoms with Gasteiger partial charge in [0.25, 0.3) is 0 Å². The number of carbonyl (C=O) groups is 1. The fourth-order valence-electron chi connectivity index (χ4n) is 4.24. The Labute approximate surface area is 192 Å². The summed E-state index contributed by atoms with van der Waals surface area (Å²) in [6.07, 6.45) is 1.77. The van der Waals surface area contributed by atoms with Gasteiger partial charge in [-0.2, -0.15) is 4.31 Å². The Balaban J connectivity index is 1.67. The summed E-state index contributed by atoms with van der Waals surface area (Å²) < 4.78 is 27.2. The third kappa shape index (κ3) is 5.84. The standard InChI is InChI=1S/C25H35N3O3S/c1-4-27(5-2)24(21-13-11-20(3)12-14-21)18-26-19-25(29)22-9-8-10-23(17-22)32(30,31)28-15-6-7-16-28/h8-14,17,24,26H,4-7,15-16,18-19H2,1-3H3. The molecule has 0 bridgehead atoms. The van der Waals surface area contributed by atoms with Crippen molar-refractivity contribution in [3.05, 3.63) is 65.2 Å². The lowest BCUT2D eigenvalue weighted by atomic mass is 10.0. The van der Waals surface area contributed by atoms with Crippen molar-refractivity contribution in [1.82, 2.24) is 14.5 Å². The van der Waals surface area contributed by atoms with Crippen molar-refractivity contribution in [2.45, 2.75) is 44.6 Å². The van der Waals surface area contributed by atoms with E-state index in [0.717, 1.165) is 25.9 Å². The number of rotatable bonds is 11. The molecule has 174 valence electrons. The Morgan fingerprint density at radius 3 is 2.34 bits per heavy atom. The van der Waals surface area contributed by atoms with E-state index in [2.05, 4.69) is 55.3 Å². The van der Waals surface area contributed by atoms with Gasteiger partial charge in [0.05, 0.1) is 11.4 Å². The van der Waals surface area contributed by atoms with Crippen molar-refractivity contribution >= 4 is 15.8 Å². The molecule has 1 fully saturated rings. The summed E-state index contributed by atoms with van der Waals surface area (Å²) >= 11 is 0. The summed E-state index contributed by atoms with van der Waals surface area (Å²) in [4.78, 5) is 15.4. The van der Waals surface area contributed by atoms with Crippen molar-refractivity contribution in [3.63, 3.8) is 0 Å². The minimum Gasteiger partial charge on any atom is -0.308 e. The van der Waals surface area contributed by atoms with Gasteiger partial charge in [0.2, 0.25) is 10.0 Å². The molecule has 1 saturated heterocycles. The van der Waals surface area contributed by atoms with Crippen LogP contribution in [0.15, 0.2) is 53.4 Å². The van der Waals surface area contributed by atoms with E-state index in [1.165, 1.54) is 21.5 Å². The summed E-state index contributed by atoms with van der Waals surface area (Å²) in [6.45, 7) is 10.1. The highest BCUT2D eigenvalue weighted by Gasteiger charge is 2.27. The van der Waals surface area contributed by atoms with Crippen LogP contribution in [0.5, 0.6) is 0 Å². The van der Waals surface area contributed by atoms with Crippen LogP contribution >= 0.6 is 0 Å². The number of ketones is 1. The van der Waals surface area contributed by atoms with Gasteiger partial charge in [-0.05, 0) is 50.6 Å². The van der Waals surface area contributed by atoms with Crippen LogP contribution in [0.1, 0.15) is 54.2 Å². The van der Waals surface area contributed by atoms with E-state index in [1.807, 2.05) is 0 Å². The highest BCUT2D eigenvalue weighted by molar-refractivity contribution is 7.89. The van der Waals surface area contributed by atoms with Gasteiger partial charge in [0.1, 0.15) is 0 Å². The number of carbonyl (C=O) groups excluding carboxylic acids is 1. The molecule has 1 unspecified atom stereocenters. The maximum Gasteiger partial charge on any atom is 0.243 e. The molecule has 1 aliphatic heterocycles. The number of sulfonamides is 1. The van der Waals surface area contributed by atoms with Gasteiger partial charge in [-0.25, -0.2) is 8.42 Å². The molecule has 0 aliphatic carbocycles. The zero-order valence-corrected chi connectivity index (χ0v) is 20.2. The van der Waals surface area contributed by atoms with Crippen molar-refractivity contribution in [2.75, 3.05) is 39.3 Å². The molecule has 2 aromatic carbocycles. The number of aryl methyl sites for hydroxylation is 1. The Morgan fingerprint density at radius 2 is 1.72 bits per heavy atom. The van der Waals surface area contributed by atoms with E-state index in [4.69, 9.17) is 0 Å². The van der Waals surface area contributed by atoms with Crippen LogP contribution in [0, 0.1) is 6.92 Å². The maximum absolute atomic E-state index is 12.8. The van der Waals surface area contributed by atoms with Crippen LogP contribution in [-0.2, 0) is 10.0 Å².